The molecule has 1 N–H and O–H groups in total. The van der Waals surface area contributed by atoms with Gasteiger partial charge in [0.25, 0.3) is 0 Å². The lowest BCUT2D eigenvalue weighted by atomic mass is 9.90. The zero-order valence-corrected chi connectivity index (χ0v) is 13.0. The first kappa shape index (κ1) is 14.9. The van der Waals surface area contributed by atoms with E-state index in [1.165, 1.54) is 0 Å². The van der Waals surface area contributed by atoms with Crippen molar-refractivity contribution in [3.63, 3.8) is 0 Å². The lowest BCUT2D eigenvalue weighted by Gasteiger charge is -2.36. The Kier molecular flexibility index (Phi) is 4.57. The number of aromatic nitrogens is 3. The summed E-state index contributed by atoms with van der Waals surface area (Å²) in [7, 11) is 0. The number of nitrogens with one attached hydrogen (secondary N) is 1. The maximum absolute atomic E-state index is 5.98. The Morgan fingerprint density at radius 2 is 2.38 bits per heavy atom. The fourth-order valence-electron chi connectivity index (χ4n) is 3.13. The molecule has 118 valence electrons. The Morgan fingerprint density at radius 3 is 3.14 bits per heavy atom. The van der Waals surface area contributed by atoms with Crippen LogP contribution in [0.2, 0.25) is 0 Å². The lowest BCUT2D eigenvalue weighted by molar-refractivity contribution is -0.0963. The van der Waals surface area contributed by atoms with Gasteiger partial charge in [-0.3, -0.25) is 0 Å². The first-order valence-corrected chi connectivity index (χ1v) is 7.99. The fraction of sp³-hybridized carbons (Fsp3) is 0.867. The summed E-state index contributed by atoms with van der Waals surface area (Å²) in [5, 5.41) is 8.01. The molecule has 3 rings (SSSR count). The predicted octanol–water partition coefficient (Wildman–Crippen LogP) is 1.53. The third kappa shape index (κ3) is 3.62. The maximum atomic E-state index is 5.98. The Bertz CT molecular complexity index is 454. The van der Waals surface area contributed by atoms with Crippen molar-refractivity contribution in [1.29, 1.82) is 0 Å². The molecule has 21 heavy (non-hydrogen) atoms. The van der Waals surface area contributed by atoms with Crippen LogP contribution in [0.3, 0.4) is 0 Å². The third-order valence-corrected chi connectivity index (χ3v) is 4.30. The highest BCUT2D eigenvalue weighted by Crippen LogP contribution is 2.37. The van der Waals surface area contributed by atoms with Crippen molar-refractivity contribution in [2.45, 2.75) is 51.3 Å². The molecule has 2 fully saturated rings. The molecule has 0 bridgehead atoms. The van der Waals surface area contributed by atoms with Gasteiger partial charge in [-0.15, -0.1) is 0 Å². The maximum Gasteiger partial charge on any atom is 0.164 e. The van der Waals surface area contributed by atoms with Crippen LogP contribution in [0, 0.1) is 5.92 Å². The van der Waals surface area contributed by atoms with Gasteiger partial charge in [0.15, 0.2) is 5.82 Å². The smallest absolute Gasteiger partial charge is 0.164 e. The molecule has 2 saturated heterocycles. The van der Waals surface area contributed by atoms with Crippen LogP contribution >= 0.6 is 0 Å². The molecule has 1 aromatic rings. The molecule has 2 aliphatic rings. The second-order valence-electron chi connectivity index (χ2n) is 6.65. The Balaban J connectivity index is 1.57. The monoisotopic (exact) mass is 294 g/mol. The van der Waals surface area contributed by atoms with Crippen LogP contribution in [0.4, 0.5) is 0 Å². The average molecular weight is 294 g/mol. The van der Waals surface area contributed by atoms with E-state index >= 15 is 0 Å². The minimum atomic E-state index is -0.0784. The first-order chi connectivity index (χ1) is 10.2. The molecule has 2 unspecified atom stereocenters. The zero-order valence-electron chi connectivity index (χ0n) is 13.0. The summed E-state index contributed by atoms with van der Waals surface area (Å²) in [5.74, 6) is 1.52. The van der Waals surface area contributed by atoms with Crippen LogP contribution in [-0.2, 0) is 16.0 Å². The van der Waals surface area contributed by atoms with E-state index in [1.54, 1.807) is 0 Å². The number of ether oxygens (including phenoxy) is 2. The SMILES string of the molecule is CC(C)CNCc1ncn(C2CCOC3(CCOC3)C2)n1. The Labute approximate surface area is 126 Å². The van der Waals surface area contributed by atoms with Crippen LogP contribution < -0.4 is 5.32 Å². The van der Waals surface area contributed by atoms with Gasteiger partial charge in [-0.2, -0.15) is 5.10 Å². The molecular formula is C15H26N4O2. The second-order valence-corrected chi connectivity index (χ2v) is 6.65. The van der Waals surface area contributed by atoms with Gasteiger partial charge in [0.05, 0.1) is 24.8 Å². The van der Waals surface area contributed by atoms with E-state index in [4.69, 9.17) is 9.47 Å². The Morgan fingerprint density at radius 1 is 1.48 bits per heavy atom. The molecule has 6 nitrogen and oxygen atoms in total. The molecule has 2 atom stereocenters. The normalized spacial score (nSPS) is 29.6. The van der Waals surface area contributed by atoms with Crippen molar-refractivity contribution in [3.05, 3.63) is 12.2 Å². The largest absolute Gasteiger partial charge is 0.378 e. The molecule has 1 spiro atoms. The molecule has 0 aromatic carbocycles. The average Bonchev–Trinajstić information content (AvgIpc) is 3.09. The van der Waals surface area contributed by atoms with Crippen molar-refractivity contribution >= 4 is 0 Å². The van der Waals surface area contributed by atoms with E-state index in [0.717, 1.165) is 58.0 Å². The highest BCUT2D eigenvalue weighted by atomic mass is 16.6. The molecule has 6 heteroatoms. The zero-order chi connectivity index (χ0) is 14.7. The standard InChI is InChI=1S/C15H26N4O2/c1-12(2)8-16-9-14-17-11-19(18-14)13-3-5-21-15(7-13)4-6-20-10-15/h11-13,16H,3-10H2,1-2H3. The number of hydrogen-bond donors (Lipinski definition) is 1. The highest BCUT2D eigenvalue weighted by molar-refractivity contribution is 4.93. The van der Waals surface area contributed by atoms with Crippen LogP contribution in [0.15, 0.2) is 6.33 Å². The topological polar surface area (TPSA) is 61.2 Å². The van der Waals surface area contributed by atoms with Crippen LogP contribution in [-0.4, -0.2) is 46.7 Å². The minimum Gasteiger partial charge on any atom is -0.378 e. The number of hydrogen-bond acceptors (Lipinski definition) is 5. The number of rotatable bonds is 5. The minimum absolute atomic E-state index is 0.0784. The predicted molar refractivity (Wildman–Crippen MR) is 79.0 cm³/mol. The fourth-order valence-corrected chi connectivity index (χ4v) is 3.13. The summed E-state index contributed by atoms with van der Waals surface area (Å²) < 4.78 is 13.5. The van der Waals surface area contributed by atoms with Crippen molar-refractivity contribution in [3.8, 4) is 0 Å². The van der Waals surface area contributed by atoms with E-state index in [-0.39, 0.29) is 5.60 Å². The molecular weight excluding hydrogens is 268 g/mol. The van der Waals surface area contributed by atoms with E-state index < -0.39 is 0 Å². The summed E-state index contributed by atoms with van der Waals surface area (Å²) in [6, 6.07) is 0.381. The van der Waals surface area contributed by atoms with E-state index in [0.29, 0.717) is 12.0 Å². The van der Waals surface area contributed by atoms with Crippen LogP contribution in [0.25, 0.3) is 0 Å². The van der Waals surface area contributed by atoms with Gasteiger partial charge in [0, 0.05) is 26.1 Å². The quantitative estimate of drug-likeness (QED) is 0.892. The van der Waals surface area contributed by atoms with Gasteiger partial charge in [0.1, 0.15) is 6.33 Å². The highest BCUT2D eigenvalue weighted by Gasteiger charge is 2.41. The second kappa shape index (κ2) is 6.42. The van der Waals surface area contributed by atoms with Crippen molar-refractivity contribution in [2.24, 2.45) is 5.92 Å². The molecule has 3 heterocycles. The molecule has 2 aliphatic heterocycles. The molecule has 0 aliphatic carbocycles. The van der Waals surface area contributed by atoms with Gasteiger partial charge in [-0.1, -0.05) is 13.8 Å². The molecule has 0 saturated carbocycles. The van der Waals surface area contributed by atoms with E-state index in [1.807, 2.05) is 11.0 Å². The summed E-state index contributed by atoms with van der Waals surface area (Å²) in [4.78, 5) is 4.42. The van der Waals surface area contributed by atoms with Crippen molar-refractivity contribution in [2.75, 3.05) is 26.4 Å². The van der Waals surface area contributed by atoms with E-state index in [2.05, 4.69) is 29.2 Å². The lowest BCUT2D eigenvalue weighted by Crippen LogP contribution is -2.41. The summed E-state index contributed by atoms with van der Waals surface area (Å²) in [5.41, 5.74) is -0.0784. The van der Waals surface area contributed by atoms with Gasteiger partial charge in [-0.25, -0.2) is 9.67 Å². The molecule has 1 aromatic heterocycles. The van der Waals surface area contributed by atoms with Gasteiger partial charge >= 0.3 is 0 Å². The van der Waals surface area contributed by atoms with Crippen LogP contribution in [0.5, 0.6) is 0 Å². The van der Waals surface area contributed by atoms with Gasteiger partial charge < -0.3 is 14.8 Å². The van der Waals surface area contributed by atoms with Crippen molar-refractivity contribution in [1.82, 2.24) is 20.1 Å². The van der Waals surface area contributed by atoms with E-state index in [9.17, 15) is 0 Å². The van der Waals surface area contributed by atoms with Crippen molar-refractivity contribution < 1.29 is 9.47 Å². The Hall–Kier alpha value is -0.980. The first-order valence-electron chi connectivity index (χ1n) is 7.99. The summed E-state index contributed by atoms with van der Waals surface area (Å²) in [6.07, 6.45) is 4.85. The van der Waals surface area contributed by atoms with Gasteiger partial charge in [-0.05, 0) is 18.9 Å². The van der Waals surface area contributed by atoms with Crippen LogP contribution in [0.1, 0.15) is 45.0 Å². The summed E-state index contributed by atoms with van der Waals surface area (Å²) in [6.45, 7) is 8.45. The summed E-state index contributed by atoms with van der Waals surface area (Å²) >= 11 is 0. The molecule has 0 amide bonds. The molecule has 0 radical (unpaired) electrons. The third-order valence-electron chi connectivity index (χ3n) is 4.30. The number of nitrogens with zero attached hydrogens (tertiary/aromatic N) is 3. The van der Waals surface area contributed by atoms with Gasteiger partial charge in [0.2, 0.25) is 0 Å².